The number of carbonyl (C=O) groups excluding carboxylic acids is 1. The van der Waals surface area contributed by atoms with Crippen LogP contribution in [-0.2, 0) is 4.84 Å². The van der Waals surface area contributed by atoms with E-state index in [4.69, 9.17) is 10.6 Å². The molecular formula is C24H31N3O2. The molecule has 5 nitrogen and oxygen atoms in total. The normalized spacial score (nSPS) is 23.1. The van der Waals surface area contributed by atoms with E-state index in [1.807, 2.05) is 60.7 Å². The van der Waals surface area contributed by atoms with Crippen LogP contribution in [0, 0.1) is 10.8 Å². The van der Waals surface area contributed by atoms with Crippen molar-refractivity contribution in [2.45, 2.75) is 46.1 Å². The zero-order valence-electron chi connectivity index (χ0n) is 17.5. The standard InChI is InChI=1S/C24H31N3O2/c1-23(2)14-20(15-24(3,16-23)17-25)26-22(28)29-27-21(18-10-6-4-7-11-18)19-12-8-5-9-13-19/h4-13,20H,14-17,25H2,1-3H3,(H,26,28). The van der Waals surface area contributed by atoms with Crippen molar-refractivity contribution in [3.05, 3.63) is 71.8 Å². The van der Waals surface area contributed by atoms with Crippen LogP contribution in [0.15, 0.2) is 65.8 Å². The van der Waals surface area contributed by atoms with Gasteiger partial charge in [-0.1, -0.05) is 86.6 Å². The molecule has 0 saturated heterocycles. The van der Waals surface area contributed by atoms with E-state index in [1.165, 1.54) is 0 Å². The highest BCUT2D eigenvalue weighted by molar-refractivity contribution is 6.12. The van der Waals surface area contributed by atoms with Crippen LogP contribution >= 0.6 is 0 Å². The molecule has 0 spiro atoms. The number of hydrogen-bond acceptors (Lipinski definition) is 4. The average Bonchev–Trinajstić information content (AvgIpc) is 2.68. The van der Waals surface area contributed by atoms with E-state index >= 15 is 0 Å². The lowest BCUT2D eigenvalue weighted by molar-refractivity contribution is 0.0715. The van der Waals surface area contributed by atoms with Crippen LogP contribution in [0.1, 0.15) is 51.2 Å². The first-order chi connectivity index (χ1) is 13.8. The first-order valence-electron chi connectivity index (χ1n) is 10.2. The average molecular weight is 394 g/mol. The summed E-state index contributed by atoms with van der Waals surface area (Å²) < 4.78 is 0. The molecule has 3 N–H and O–H groups in total. The van der Waals surface area contributed by atoms with Gasteiger partial charge in [-0.05, 0) is 36.6 Å². The lowest BCUT2D eigenvalue weighted by Crippen LogP contribution is -2.49. The van der Waals surface area contributed by atoms with Gasteiger partial charge in [0.25, 0.3) is 0 Å². The van der Waals surface area contributed by atoms with Gasteiger partial charge in [0.2, 0.25) is 0 Å². The fraction of sp³-hybridized carbons (Fsp3) is 0.417. The topological polar surface area (TPSA) is 76.7 Å². The van der Waals surface area contributed by atoms with Crippen LogP contribution < -0.4 is 11.1 Å². The minimum Gasteiger partial charge on any atom is -0.330 e. The van der Waals surface area contributed by atoms with Gasteiger partial charge in [0, 0.05) is 17.2 Å². The van der Waals surface area contributed by atoms with Gasteiger partial charge in [-0.25, -0.2) is 4.79 Å². The van der Waals surface area contributed by atoms with Crippen LogP contribution in [0.3, 0.4) is 0 Å². The van der Waals surface area contributed by atoms with Crippen LogP contribution in [0.25, 0.3) is 0 Å². The first kappa shape index (κ1) is 21.1. The van der Waals surface area contributed by atoms with Gasteiger partial charge in [-0.2, -0.15) is 0 Å². The van der Waals surface area contributed by atoms with Gasteiger partial charge in [-0.3, -0.25) is 4.84 Å². The highest BCUT2D eigenvalue weighted by atomic mass is 16.7. The number of hydrogen-bond donors (Lipinski definition) is 2. The van der Waals surface area contributed by atoms with Gasteiger partial charge in [-0.15, -0.1) is 0 Å². The fourth-order valence-corrected chi connectivity index (χ4v) is 4.64. The molecule has 2 atom stereocenters. The fourth-order valence-electron chi connectivity index (χ4n) is 4.64. The summed E-state index contributed by atoms with van der Waals surface area (Å²) in [5, 5.41) is 7.20. The Kier molecular flexibility index (Phi) is 6.38. The van der Waals surface area contributed by atoms with Crippen molar-refractivity contribution in [2.75, 3.05) is 6.54 Å². The second-order valence-electron chi connectivity index (χ2n) is 9.16. The molecule has 2 aromatic carbocycles. The Morgan fingerprint density at radius 3 is 2.10 bits per heavy atom. The maximum Gasteiger partial charge on any atom is 0.433 e. The van der Waals surface area contributed by atoms with E-state index in [0.29, 0.717) is 12.3 Å². The summed E-state index contributed by atoms with van der Waals surface area (Å²) in [6.07, 6.45) is 2.26. The molecule has 2 aromatic rings. The van der Waals surface area contributed by atoms with E-state index in [9.17, 15) is 4.79 Å². The second-order valence-corrected chi connectivity index (χ2v) is 9.16. The van der Waals surface area contributed by atoms with Crippen molar-refractivity contribution in [1.82, 2.24) is 5.32 Å². The SMILES string of the molecule is CC1(C)CC(NC(=O)ON=C(c2ccccc2)c2ccccc2)CC(C)(CN)C1. The molecular weight excluding hydrogens is 362 g/mol. The molecule has 1 amide bonds. The molecule has 1 aliphatic carbocycles. The largest absolute Gasteiger partial charge is 0.433 e. The van der Waals surface area contributed by atoms with Crippen molar-refractivity contribution >= 4 is 11.8 Å². The summed E-state index contributed by atoms with van der Waals surface area (Å²) in [6, 6.07) is 19.4. The number of carbonyl (C=O) groups is 1. The van der Waals surface area contributed by atoms with E-state index in [2.05, 4.69) is 31.2 Å². The first-order valence-corrected chi connectivity index (χ1v) is 10.2. The molecule has 3 rings (SSSR count). The zero-order chi connectivity index (χ0) is 20.9. The van der Waals surface area contributed by atoms with E-state index in [0.717, 1.165) is 30.4 Å². The molecule has 0 radical (unpaired) electrons. The van der Waals surface area contributed by atoms with Gasteiger partial charge < -0.3 is 11.1 Å². The smallest absolute Gasteiger partial charge is 0.330 e. The van der Waals surface area contributed by atoms with Gasteiger partial charge in [0.15, 0.2) is 0 Å². The van der Waals surface area contributed by atoms with Gasteiger partial charge in [0.1, 0.15) is 5.71 Å². The maximum absolute atomic E-state index is 12.5. The number of nitrogens with two attached hydrogens (primary N) is 1. The molecule has 0 heterocycles. The predicted molar refractivity (Wildman–Crippen MR) is 117 cm³/mol. The van der Waals surface area contributed by atoms with E-state index in [-0.39, 0.29) is 16.9 Å². The number of amides is 1. The lowest BCUT2D eigenvalue weighted by Gasteiger charge is -2.46. The maximum atomic E-state index is 12.5. The molecule has 2 unspecified atom stereocenters. The number of nitrogens with zero attached hydrogens (tertiary/aromatic N) is 1. The Labute approximate surface area is 173 Å². The van der Waals surface area contributed by atoms with Gasteiger partial charge in [0.05, 0.1) is 0 Å². The van der Waals surface area contributed by atoms with Crippen molar-refractivity contribution in [1.29, 1.82) is 0 Å². The monoisotopic (exact) mass is 393 g/mol. The zero-order valence-corrected chi connectivity index (χ0v) is 17.5. The van der Waals surface area contributed by atoms with Gasteiger partial charge >= 0.3 is 6.09 Å². The minimum absolute atomic E-state index is 0.0161. The van der Waals surface area contributed by atoms with E-state index in [1.54, 1.807) is 0 Å². The highest BCUT2D eigenvalue weighted by Crippen LogP contribution is 2.45. The molecule has 29 heavy (non-hydrogen) atoms. The Hall–Kier alpha value is -2.66. The summed E-state index contributed by atoms with van der Waals surface area (Å²) in [7, 11) is 0. The Balaban J connectivity index is 1.73. The molecule has 154 valence electrons. The summed E-state index contributed by atoms with van der Waals surface area (Å²) >= 11 is 0. The summed E-state index contributed by atoms with van der Waals surface area (Å²) in [5.74, 6) is 0. The van der Waals surface area contributed by atoms with Crippen molar-refractivity contribution in [3.63, 3.8) is 0 Å². The third-order valence-corrected chi connectivity index (χ3v) is 5.57. The van der Waals surface area contributed by atoms with E-state index < -0.39 is 6.09 Å². The quantitative estimate of drug-likeness (QED) is 0.439. The Morgan fingerprint density at radius 2 is 1.59 bits per heavy atom. The molecule has 1 fully saturated rings. The number of rotatable bonds is 5. The molecule has 0 aliphatic heterocycles. The lowest BCUT2D eigenvalue weighted by atomic mass is 9.63. The Bertz CT molecular complexity index is 807. The number of benzene rings is 2. The van der Waals surface area contributed by atoms with Crippen molar-refractivity contribution in [3.8, 4) is 0 Å². The summed E-state index contributed by atoms with van der Waals surface area (Å²) in [4.78, 5) is 17.8. The minimum atomic E-state index is -0.531. The Morgan fingerprint density at radius 1 is 1.03 bits per heavy atom. The summed E-state index contributed by atoms with van der Waals surface area (Å²) in [6.45, 7) is 7.24. The number of nitrogens with one attached hydrogen (secondary N) is 1. The second kappa shape index (κ2) is 8.78. The van der Waals surface area contributed by atoms with Crippen LogP contribution in [0.2, 0.25) is 0 Å². The summed E-state index contributed by atoms with van der Waals surface area (Å²) in [5.41, 5.74) is 8.55. The van der Waals surface area contributed by atoms with Crippen LogP contribution in [-0.4, -0.2) is 24.4 Å². The molecule has 0 aromatic heterocycles. The van der Waals surface area contributed by atoms with Crippen LogP contribution in [0.5, 0.6) is 0 Å². The van der Waals surface area contributed by atoms with Crippen LogP contribution in [0.4, 0.5) is 4.79 Å². The third kappa shape index (κ3) is 5.67. The molecule has 1 saturated carbocycles. The molecule has 1 aliphatic rings. The third-order valence-electron chi connectivity index (χ3n) is 5.57. The van der Waals surface area contributed by atoms with Crippen molar-refractivity contribution in [2.24, 2.45) is 21.7 Å². The molecule has 0 bridgehead atoms. The molecule has 5 heteroatoms. The number of oxime groups is 1. The highest BCUT2D eigenvalue weighted by Gasteiger charge is 2.41. The predicted octanol–water partition coefficient (Wildman–Crippen LogP) is 4.71. The van der Waals surface area contributed by atoms with Crippen molar-refractivity contribution < 1.29 is 9.63 Å².